The summed E-state index contributed by atoms with van der Waals surface area (Å²) in [6, 6.07) is 9.45. The molecule has 1 saturated heterocycles. The number of likely N-dealkylation sites (tertiary alicyclic amines) is 1. The summed E-state index contributed by atoms with van der Waals surface area (Å²) < 4.78 is 44.7. The number of carboxylic acids is 1. The van der Waals surface area contributed by atoms with Gasteiger partial charge in [0.1, 0.15) is 5.75 Å². The van der Waals surface area contributed by atoms with E-state index < -0.39 is 18.1 Å². The molecular weight excluding hydrogens is 435 g/mol. The van der Waals surface area contributed by atoms with E-state index in [2.05, 4.69) is 4.90 Å². The van der Waals surface area contributed by atoms with Crippen LogP contribution in [0.5, 0.6) is 5.75 Å². The first-order valence-corrected chi connectivity index (χ1v) is 11.4. The number of halogens is 3. The fraction of sp³-hybridized carbons (Fsp3) is 0.520. The number of alkyl halides is 3. The number of piperidine rings is 1. The summed E-state index contributed by atoms with van der Waals surface area (Å²) in [5, 5.41) is 10.8. The maximum absolute atomic E-state index is 12.9. The second-order valence-electron chi connectivity index (χ2n) is 9.17. The van der Waals surface area contributed by atoms with Gasteiger partial charge in [-0.25, -0.2) is 0 Å². The number of hydrogen-bond acceptors (Lipinski definition) is 4. The zero-order valence-corrected chi connectivity index (χ0v) is 18.3. The molecule has 2 aliphatic rings. The number of hydrogen-bond donors (Lipinski definition) is 1. The highest BCUT2D eigenvalue weighted by Crippen LogP contribution is 2.39. The molecule has 8 heteroatoms. The second kappa shape index (κ2) is 9.71. The van der Waals surface area contributed by atoms with Gasteiger partial charge >= 0.3 is 12.1 Å². The molecule has 0 atom stereocenters. The van der Waals surface area contributed by atoms with E-state index in [1.165, 1.54) is 0 Å². The van der Waals surface area contributed by atoms with Crippen molar-refractivity contribution >= 4 is 23.0 Å². The number of ether oxygens (including phenoxy) is 1. The number of fused-ring (bicyclic) bond motifs is 1. The van der Waals surface area contributed by atoms with Gasteiger partial charge in [-0.2, -0.15) is 13.2 Å². The summed E-state index contributed by atoms with van der Waals surface area (Å²) in [7, 11) is 0. The van der Waals surface area contributed by atoms with Crippen molar-refractivity contribution in [1.29, 1.82) is 0 Å². The van der Waals surface area contributed by atoms with Crippen molar-refractivity contribution in [3.05, 3.63) is 41.5 Å². The lowest BCUT2D eigenvalue weighted by atomic mass is 9.87. The van der Waals surface area contributed by atoms with Gasteiger partial charge in [0.05, 0.1) is 23.5 Å². The van der Waals surface area contributed by atoms with Gasteiger partial charge in [-0.05, 0) is 80.1 Å². The normalized spacial score (nSPS) is 22.9. The lowest BCUT2D eigenvalue weighted by molar-refractivity contribution is -0.185. The van der Waals surface area contributed by atoms with Crippen molar-refractivity contribution in [3.8, 4) is 5.75 Å². The second-order valence-corrected chi connectivity index (χ2v) is 9.17. The molecule has 178 valence electrons. The Morgan fingerprint density at radius 3 is 2.36 bits per heavy atom. The van der Waals surface area contributed by atoms with Crippen molar-refractivity contribution in [2.24, 2.45) is 11.8 Å². The first kappa shape index (κ1) is 23.5. The Balaban J connectivity index is 1.43. The first-order chi connectivity index (χ1) is 15.7. The van der Waals surface area contributed by atoms with Crippen LogP contribution in [-0.2, 0) is 11.3 Å². The summed E-state index contributed by atoms with van der Waals surface area (Å²) in [4.78, 5) is 25.2. The van der Waals surface area contributed by atoms with Gasteiger partial charge in [-0.15, -0.1) is 0 Å². The molecule has 1 N–H and O–H groups in total. The van der Waals surface area contributed by atoms with Crippen LogP contribution in [0.25, 0.3) is 10.8 Å². The molecule has 2 aromatic carbocycles. The Bertz CT molecular complexity index is 1010. The summed E-state index contributed by atoms with van der Waals surface area (Å²) in [6.45, 7) is 2.18. The Morgan fingerprint density at radius 1 is 1.06 bits per heavy atom. The number of carbonyl (C=O) groups is 2. The molecule has 0 bridgehead atoms. The zero-order valence-electron chi connectivity index (χ0n) is 18.3. The van der Waals surface area contributed by atoms with Crippen molar-refractivity contribution in [2.75, 3.05) is 13.1 Å². The van der Waals surface area contributed by atoms with E-state index in [4.69, 9.17) is 9.84 Å². The topological polar surface area (TPSA) is 66.8 Å². The fourth-order valence-corrected chi connectivity index (χ4v) is 4.99. The molecule has 2 fully saturated rings. The molecule has 4 rings (SSSR count). The standard InChI is InChI=1S/C25H28F3NO4/c26-25(27,28)19-3-5-20(6-4-19)33-23-8-2-18-13-16(1-7-21(18)22(23)15-30)14-29-11-9-17(10-12-29)24(31)32/h1-2,7-8,13,15,17,19-20H,3-6,9-12,14H2,(H,31,32)/t19-,20+. The van der Waals surface area contributed by atoms with Crippen LogP contribution in [0.3, 0.4) is 0 Å². The SMILES string of the molecule is O=Cc1c(O[C@H]2CC[C@@H](C(F)(F)F)CC2)ccc2cc(CN3CCC(C(=O)O)CC3)ccc12. The Morgan fingerprint density at radius 2 is 1.76 bits per heavy atom. The molecular formula is C25H28F3NO4. The van der Waals surface area contributed by atoms with Crippen molar-refractivity contribution < 1.29 is 32.6 Å². The predicted octanol–water partition coefficient (Wildman–Crippen LogP) is 5.45. The van der Waals surface area contributed by atoms with E-state index in [0.717, 1.165) is 35.7 Å². The van der Waals surface area contributed by atoms with Crippen LogP contribution in [0.4, 0.5) is 13.2 Å². The van der Waals surface area contributed by atoms with Gasteiger partial charge < -0.3 is 9.84 Å². The van der Waals surface area contributed by atoms with Crippen LogP contribution in [0.1, 0.15) is 54.4 Å². The van der Waals surface area contributed by atoms with Gasteiger partial charge in [0.15, 0.2) is 6.29 Å². The van der Waals surface area contributed by atoms with E-state index in [-0.39, 0.29) is 24.9 Å². The number of benzene rings is 2. The molecule has 0 unspecified atom stereocenters. The van der Waals surface area contributed by atoms with Gasteiger partial charge in [-0.3, -0.25) is 14.5 Å². The fourth-order valence-electron chi connectivity index (χ4n) is 4.99. The summed E-state index contributed by atoms with van der Waals surface area (Å²) in [5.41, 5.74) is 1.49. The molecule has 1 heterocycles. The number of aldehydes is 1. The third-order valence-corrected chi connectivity index (χ3v) is 6.98. The number of carbonyl (C=O) groups excluding carboxylic acids is 1. The number of rotatable bonds is 6. The number of carboxylic acid groups (broad SMARTS) is 1. The van der Waals surface area contributed by atoms with E-state index >= 15 is 0 Å². The van der Waals surface area contributed by atoms with Crippen molar-refractivity contribution in [3.63, 3.8) is 0 Å². The quantitative estimate of drug-likeness (QED) is 0.577. The van der Waals surface area contributed by atoms with Crippen LogP contribution in [0.2, 0.25) is 0 Å². The summed E-state index contributed by atoms with van der Waals surface area (Å²) in [6.07, 6.45) is -1.73. The zero-order chi connectivity index (χ0) is 23.6. The molecule has 0 spiro atoms. The van der Waals surface area contributed by atoms with Crippen molar-refractivity contribution in [1.82, 2.24) is 4.90 Å². The molecule has 0 aromatic heterocycles. The minimum atomic E-state index is -4.16. The Labute approximate surface area is 190 Å². The van der Waals surface area contributed by atoms with Gasteiger partial charge in [0, 0.05) is 6.54 Å². The molecule has 1 saturated carbocycles. The molecule has 1 aliphatic heterocycles. The minimum Gasteiger partial charge on any atom is -0.490 e. The van der Waals surface area contributed by atoms with Crippen molar-refractivity contribution in [2.45, 2.75) is 57.3 Å². The summed E-state index contributed by atoms with van der Waals surface area (Å²) in [5.74, 6) is -1.85. The van der Waals surface area contributed by atoms with Crippen LogP contribution >= 0.6 is 0 Å². The number of nitrogens with zero attached hydrogens (tertiary/aromatic N) is 1. The lowest BCUT2D eigenvalue weighted by Gasteiger charge is -2.30. The smallest absolute Gasteiger partial charge is 0.391 e. The van der Waals surface area contributed by atoms with Crippen LogP contribution in [0.15, 0.2) is 30.3 Å². The highest BCUT2D eigenvalue weighted by molar-refractivity contribution is 6.01. The number of aliphatic carboxylic acids is 1. The van der Waals surface area contributed by atoms with E-state index in [9.17, 15) is 22.8 Å². The van der Waals surface area contributed by atoms with E-state index in [1.807, 2.05) is 24.3 Å². The maximum Gasteiger partial charge on any atom is 0.391 e. The highest BCUT2D eigenvalue weighted by atomic mass is 19.4. The predicted molar refractivity (Wildman–Crippen MR) is 117 cm³/mol. The minimum absolute atomic E-state index is 0.0469. The van der Waals surface area contributed by atoms with E-state index in [0.29, 0.717) is 43.5 Å². The lowest BCUT2D eigenvalue weighted by Crippen LogP contribution is -2.35. The molecule has 0 radical (unpaired) electrons. The van der Waals surface area contributed by atoms with Crippen LogP contribution in [0, 0.1) is 11.8 Å². The first-order valence-electron chi connectivity index (χ1n) is 11.4. The van der Waals surface area contributed by atoms with E-state index in [1.54, 1.807) is 6.07 Å². The molecule has 0 amide bonds. The third kappa shape index (κ3) is 5.49. The van der Waals surface area contributed by atoms with Crippen LogP contribution in [-0.4, -0.2) is 47.6 Å². The average molecular weight is 463 g/mol. The molecule has 2 aromatic rings. The Kier molecular flexibility index (Phi) is 6.93. The summed E-state index contributed by atoms with van der Waals surface area (Å²) >= 11 is 0. The molecule has 5 nitrogen and oxygen atoms in total. The maximum atomic E-state index is 12.9. The Hall–Kier alpha value is -2.61. The highest BCUT2D eigenvalue weighted by Gasteiger charge is 2.41. The molecule has 1 aliphatic carbocycles. The molecule has 33 heavy (non-hydrogen) atoms. The van der Waals surface area contributed by atoms with Gasteiger partial charge in [-0.1, -0.05) is 18.2 Å². The van der Waals surface area contributed by atoms with Gasteiger partial charge in [0.25, 0.3) is 0 Å². The van der Waals surface area contributed by atoms with Crippen LogP contribution < -0.4 is 4.74 Å². The third-order valence-electron chi connectivity index (χ3n) is 6.98. The van der Waals surface area contributed by atoms with Gasteiger partial charge in [0.2, 0.25) is 0 Å². The largest absolute Gasteiger partial charge is 0.490 e. The monoisotopic (exact) mass is 463 g/mol. The average Bonchev–Trinajstić information content (AvgIpc) is 2.79.